The predicted molar refractivity (Wildman–Crippen MR) is 64.4 cm³/mol. The lowest BCUT2D eigenvalue weighted by Gasteiger charge is -2.26. The van der Waals surface area contributed by atoms with E-state index in [0.29, 0.717) is 0 Å². The number of methoxy groups -OCH3 is 2. The summed E-state index contributed by atoms with van der Waals surface area (Å²) >= 11 is 2.05. The molecule has 1 fully saturated rings. The van der Waals surface area contributed by atoms with Crippen LogP contribution in [0.5, 0.6) is 0 Å². The second-order valence-electron chi connectivity index (χ2n) is 3.56. The van der Waals surface area contributed by atoms with Gasteiger partial charge in [0, 0.05) is 58.4 Å². The number of thioether (sulfide) groups is 1. The maximum atomic E-state index is 5.09. The van der Waals surface area contributed by atoms with Crippen molar-refractivity contribution in [3.63, 3.8) is 0 Å². The summed E-state index contributed by atoms with van der Waals surface area (Å²) in [7, 11) is 3.33. The van der Waals surface area contributed by atoms with Gasteiger partial charge in [-0.1, -0.05) is 0 Å². The number of rotatable bonds is 7. The molecule has 0 aliphatic carbocycles. The van der Waals surface area contributed by atoms with Crippen LogP contribution in [0.15, 0.2) is 0 Å². The van der Waals surface area contributed by atoms with Crippen molar-refractivity contribution in [2.75, 3.05) is 58.4 Å². The molecule has 15 heavy (non-hydrogen) atoms. The summed E-state index contributed by atoms with van der Waals surface area (Å²) in [5.74, 6) is 2.55. The van der Waals surface area contributed by atoms with Crippen molar-refractivity contribution in [2.24, 2.45) is 0 Å². The van der Waals surface area contributed by atoms with Crippen molar-refractivity contribution in [1.82, 2.24) is 10.2 Å². The zero-order chi connectivity index (χ0) is 10.9. The van der Waals surface area contributed by atoms with Crippen LogP contribution >= 0.6 is 11.8 Å². The molecule has 0 aromatic rings. The summed E-state index contributed by atoms with van der Waals surface area (Å²) in [5, 5.41) is 3.34. The minimum Gasteiger partial charge on any atom is -0.355 e. The first-order valence-electron chi connectivity index (χ1n) is 5.43. The van der Waals surface area contributed by atoms with Crippen LogP contribution in [0.3, 0.4) is 0 Å². The molecule has 0 saturated carbocycles. The van der Waals surface area contributed by atoms with Crippen LogP contribution in [-0.4, -0.2) is 69.6 Å². The van der Waals surface area contributed by atoms with E-state index in [0.717, 1.165) is 19.6 Å². The third kappa shape index (κ3) is 5.73. The summed E-state index contributed by atoms with van der Waals surface area (Å²) in [6.45, 7) is 5.35. The summed E-state index contributed by atoms with van der Waals surface area (Å²) in [6, 6.07) is 0. The molecule has 1 saturated heterocycles. The molecule has 1 heterocycles. The van der Waals surface area contributed by atoms with Crippen molar-refractivity contribution in [1.29, 1.82) is 0 Å². The van der Waals surface area contributed by atoms with E-state index in [-0.39, 0.29) is 6.29 Å². The van der Waals surface area contributed by atoms with Crippen LogP contribution < -0.4 is 5.32 Å². The highest BCUT2D eigenvalue weighted by atomic mass is 32.2. The van der Waals surface area contributed by atoms with Gasteiger partial charge in [-0.3, -0.25) is 0 Å². The summed E-state index contributed by atoms with van der Waals surface area (Å²) in [4.78, 5) is 2.50. The molecule has 0 unspecified atom stereocenters. The highest BCUT2D eigenvalue weighted by molar-refractivity contribution is 7.99. The third-order valence-electron chi connectivity index (χ3n) is 2.55. The molecule has 5 heteroatoms. The minimum atomic E-state index is -0.123. The van der Waals surface area contributed by atoms with Crippen molar-refractivity contribution in [2.45, 2.75) is 6.29 Å². The van der Waals surface area contributed by atoms with Gasteiger partial charge in [-0.05, 0) is 0 Å². The fraction of sp³-hybridized carbons (Fsp3) is 1.00. The van der Waals surface area contributed by atoms with Gasteiger partial charge in [0.2, 0.25) is 0 Å². The smallest absolute Gasteiger partial charge is 0.169 e. The highest BCUT2D eigenvalue weighted by Gasteiger charge is 2.09. The largest absolute Gasteiger partial charge is 0.355 e. The molecule has 0 aromatic heterocycles. The van der Waals surface area contributed by atoms with E-state index in [1.165, 1.54) is 24.6 Å². The second-order valence-corrected chi connectivity index (χ2v) is 4.78. The monoisotopic (exact) mass is 234 g/mol. The van der Waals surface area contributed by atoms with Crippen molar-refractivity contribution < 1.29 is 9.47 Å². The second kappa shape index (κ2) is 8.35. The van der Waals surface area contributed by atoms with Gasteiger partial charge in [-0.2, -0.15) is 11.8 Å². The standard InChI is InChI=1S/C10H22N2O2S/c1-13-10(14-2)9-11-3-4-12-5-7-15-8-6-12/h10-11H,3-9H2,1-2H3. The van der Waals surface area contributed by atoms with E-state index in [4.69, 9.17) is 9.47 Å². The Balaban J connectivity index is 1.95. The topological polar surface area (TPSA) is 33.7 Å². The molecule has 0 spiro atoms. The number of nitrogens with one attached hydrogen (secondary N) is 1. The molecule has 0 atom stereocenters. The first-order valence-corrected chi connectivity index (χ1v) is 6.58. The van der Waals surface area contributed by atoms with Crippen molar-refractivity contribution in [3.8, 4) is 0 Å². The van der Waals surface area contributed by atoms with Gasteiger partial charge in [0.1, 0.15) is 0 Å². The van der Waals surface area contributed by atoms with Crippen molar-refractivity contribution in [3.05, 3.63) is 0 Å². The van der Waals surface area contributed by atoms with Gasteiger partial charge in [0.05, 0.1) is 0 Å². The number of hydrogen-bond donors (Lipinski definition) is 1. The molecule has 4 nitrogen and oxygen atoms in total. The Bertz CT molecular complexity index is 150. The van der Waals surface area contributed by atoms with Gasteiger partial charge in [0.25, 0.3) is 0 Å². The third-order valence-corrected chi connectivity index (χ3v) is 3.49. The normalized spacial score (nSPS) is 18.6. The molecule has 0 amide bonds. The molecule has 0 aromatic carbocycles. The zero-order valence-corrected chi connectivity index (χ0v) is 10.5. The molecular weight excluding hydrogens is 212 g/mol. The molecule has 1 rings (SSSR count). The number of hydrogen-bond acceptors (Lipinski definition) is 5. The van der Waals surface area contributed by atoms with Crippen LogP contribution in [0.2, 0.25) is 0 Å². The zero-order valence-electron chi connectivity index (χ0n) is 9.70. The minimum absolute atomic E-state index is 0.123. The van der Waals surface area contributed by atoms with Crippen LogP contribution in [0.4, 0.5) is 0 Å². The molecule has 0 radical (unpaired) electrons. The first-order chi connectivity index (χ1) is 7.36. The van der Waals surface area contributed by atoms with Gasteiger partial charge in [-0.25, -0.2) is 0 Å². The van der Waals surface area contributed by atoms with E-state index in [2.05, 4.69) is 10.2 Å². The van der Waals surface area contributed by atoms with E-state index in [1.807, 2.05) is 11.8 Å². The quantitative estimate of drug-likeness (QED) is 0.504. The van der Waals surface area contributed by atoms with E-state index >= 15 is 0 Å². The fourth-order valence-electron chi connectivity index (χ4n) is 1.54. The lowest BCUT2D eigenvalue weighted by Crippen LogP contribution is -2.39. The predicted octanol–water partition coefficient (Wildman–Crippen LogP) is 0.244. The SMILES string of the molecule is COC(CNCCN1CCSCC1)OC. The Hall–Kier alpha value is 0.190. The summed E-state index contributed by atoms with van der Waals surface area (Å²) < 4.78 is 10.2. The van der Waals surface area contributed by atoms with Gasteiger partial charge in [-0.15, -0.1) is 0 Å². The van der Waals surface area contributed by atoms with Crippen LogP contribution in [0.25, 0.3) is 0 Å². The summed E-state index contributed by atoms with van der Waals surface area (Å²) in [6.07, 6.45) is -0.123. The molecular formula is C10H22N2O2S. The van der Waals surface area contributed by atoms with E-state index < -0.39 is 0 Å². The Kier molecular flexibility index (Phi) is 7.38. The van der Waals surface area contributed by atoms with E-state index in [1.54, 1.807) is 14.2 Å². The molecule has 90 valence electrons. The first kappa shape index (κ1) is 13.3. The van der Waals surface area contributed by atoms with Crippen LogP contribution in [-0.2, 0) is 9.47 Å². The molecule has 1 aliphatic heterocycles. The fourth-order valence-corrected chi connectivity index (χ4v) is 2.52. The summed E-state index contributed by atoms with van der Waals surface area (Å²) in [5.41, 5.74) is 0. The number of nitrogens with zero attached hydrogens (tertiary/aromatic N) is 1. The average molecular weight is 234 g/mol. The molecule has 1 aliphatic rings. The van der Waals surface area contributed by atoms with Crippen LogP contribution in [0, 0.1) is 0 Å². The van der Waals surface area contributed by atoms with Crippen molar-refractivity contribution >= 4 is 11.8 Å². The Morgan fingerprint density at radius 1 is 1.27 bits per heavy atom. The van der Waals surface area contributed by atoms with Crippen LogP contribution in [0.1, 0.15) is 0 Å². The maximum Gasteiger partial charge on any atom is 0.169 e. The highest BCUT2D eigenvalue weighted by Crippen LogP contribution is 2.07. The lowest BCUT2D eigenvalue weighted by atomic mass is 10.4. The Labute approximate surface area is 96.7 Å². The molecule has 1 N–H and O–H groups in total. The number of ether oxygens (including phenoxy) is 2. The lowest BCUT2D eigenvalue weighted by molar-refractivity contribution is -0.0987. The van der Waals surface area contributed by atoms with Gasteiger partial charge < -0.3 is 19.7 Å². The average Bonchev–Trinajstić information content (AvgIpc) is 2.31. The van der Waals surface area contributed by atoms with Gasteiger partial charge >= 0.3 is 0 Å². The van der Waals surface area contributed by atoms with Gasteiger partial charge in [0.15, 0.2) is 6.29 Å². The Morgan fingerprint density at radius 3 is 2.53 bits per heavy atom. The van der Waals surface area contributed by atoms with E-state index in [9.17, 15) is 0 Å². The Morgan fingerprint density at radius 2 is 1.93 bits per heavy atom. The molecule has 0 bridgehead atoms. The maximum absolute atomic E-state index is 5.09.